The number of benzene rings is 1. The Morgan fingerprint density at radius 3 is 2.53 bits per heavy atom. The van der Waals surface area contributed by atoms with Gasteiger partial charge in [-0.05, 0) is 26.0 Å². The molecule has 1 N–H and O–H groups in total. The highest BCUT2D eigenvalue weighted by atomic mass is 32.2. The van der Waals surface area contributed by atoms with Gasteiger partial charge in [0, 0.05) is 50.8 Å². The summed E-state index contributed by atoms with van der Waals surface area (Å²) in [5, 5.41) is 14.6. The zero-order chi connectivity index (χ0) is 21.9. The number of aryl methyl sites for hydroxylation is 1. The minimum atomic E-state index is -3.90. The molecule has 1 aromatic heterocycles. The predicted octanol–water partition coefficient (Wildman–Crippen LogP) is 2.00. The summed E-state index contributed by atoms with van der Waals surface area (Å²) in [5.41, 5.74) is 1.16. The monoisotopic (exact) mass is 455 g/mol. The first-order chi connectivity index (χ1) is 14.2. The summed E-state index contributed by atoms with van der Waals surface area (Å²) in [6.07, 6.45) is 0. The lowest BCUT2D eigenvalue weighted by Gasteiger charge is -2.35. The minimum Gasteiger partial charge on any atom is -0.383 e. The van der Waals surface area contributed by atoms with Crippen LogP contribution in [0.3, 0.4) is 0 Å². The molecule has 10 nitrogen and oxygen atoms in total. The molecular formula is C18H25N5O5S2. The van der Waals surface area contributed by atoms with Crippen LogP contribution in [0.5, 0.6) is 0 Å². The molecule has 2 aromatic rings. The first-order valence-electron chi connectivity index (χ1n) is 9.43. The predicted molar refractivity (Wildman–Crippen MR) is 116 cm³/mol. The van der Waals surface area contributed by atoms with Crippen LogP contribution in [0.1, 0.15) is 12.6 Å². The SMILES string of the molecule is COCC(C)NS(=O)(=O)c1ccc(N2CCN(c3nc(C)cs3)CC2)c([N+](=O)[O-])c1. The van der Waals surface area contributed by atoms with Crippen molar-refractivity contribution in [2.24, 2.45) is 0 Å². The molecule has 1 aliphatic heterocycles. The number of nitro groups is 1. The third kappa shape index (κ3) is 5.06. The van der Waals surface area contributed by atoms with Gasteiger partial charge in [-0.2, -0.15) is 0 Å². The highest BCUT2D eigenvalue weighted by Gasteiger charge is 2.28. The quantitative estimate of drug-likeness (QED) is 0.474. The molecule has 164 valence electrons. The van der Waals surface area contributed by atoms with Crippen LogP contribution >= 0.6 is 11.3 Å². The van der Waals surface area contributed by atoms with Gasteiger partial charge in [0.1, 0.15) is 5.69 Å². The second kappa shape index (κ2) is 9.25. The molecule has 12 heteroatoms. The Bertz CT molecular complexity index is 1000. The molecule has 0 spiro atoms. The number of hydrogen-bond acceptors (Lipinski definition) is 9. The number of nitrogens with zero attached hydrogens (tertiary/aromatic N) is 4. The summed E-state index contributed by atoms with van der Waals surface area (Å²) in [4.78, 5) is 19.6. The molecule has 0 bridgehead atoms. The second-order valence-corrected chi connectivity index (χ2v) is 9.68. The van der Waals surface area contributed by atoms with E-state index in [1.54, 1.807) is 18.3 Å². The second-order valence-electron chi connectivity index (χ2n) is 7.13. The lowest BCUT2D eigenvalue weighted by molar-refractivity contribution is -0.384. The average molecular weight is 456 g/mol. The lowest BCUT2D eigenvalue weighted by Crippen LogP contribution is -2.46. The van der Waals surface area contributed by atoms with Gasteiger partial charge in [-0.15, -0.1) is 11.3 Å². The zero-order valence-electron chi connectivity index (χ0n) is 17.1. The molecule has 30 heavy (non-hydrogen) atoms. The van der Waals surface area contributed by atoms with Crippen LogP contribution in [0.15, 0.2) is 28.5 Å². The summed E-state index contributed by atoms with van der Waals surface area (Å²) in [7, 11) is -2.42. The number of methoxy groups -OCH3 is 1. The van der Waals surface area contributed by atoms with E-state index < -0.39 is 21.0 Å². The van der Waals surface area contributed by atoms with Gasteiger partial charge in [-0.25, -0.2) is 18.1 Å². The number of hydrogen-bond donors (Lipinski definition) is 1. The molecule has 1 unspecified atom stereocenters. The molecule has 0 saturated carbocycles. The fourth-order valence-electron chi connectivity index (χ4n) is 3.33. The van der Waals surface area contributed by atoms with Crippen molar-refractivity contribution in [3.8, 4) is 0 Å². The number of anilines is 2. The van der Waals surface area contributed by atoms with E-state index in [1.165, 1.54) is 19.2 Å². The van der Waals surface area contributed by atoms with Gasteiger partial charge < -0.3 is 14.5 Å². The molecule has 0 aliphatic carbocycles. The Morgan fingerprint density at radius 2 is 1.97 bits per heavy atom. The maximum atomic E-state index is 12.6. The topological polar surface area (TPSA) is 118 Å². The van der Waals surface area contributed by atoms with Crippen molar-refractivity contribution in [1.82, 2.24) is 9.71 Å². The van der Waals surface area contributed by atoms with Gasteiger partial charge in [0.05, 0.1) is 22.1 Å². The van der Waals surface area contributed by atoms with Crippen LogP contribution < -0.4 is 14.5 Å². The first-order valence-corrected chi connectivity index (χ1v) is 11.8. The van der Waals surface area contributed by atoms with Crippen molar-refractivity contribution < 1.29 is 18.1 Å². The maximum absolute atomic E-state index is 12.6. The van der Waals surface area contributed by atoms with Crippen molar-refractivity contribution in [2.45, 2.75) is 24.8 Å². The Labute approximate surface area is 179 Å². The van der Waals surface area contributed by atoms with Crippen molar-refractivity contribution in [1.29, 1.82) is 0 Å². The number of piperazine rings is 1. The van der Waals surface area contributed by atoms with E-state index in [1.807, 2.05) is 17.2 Å². The zero-order valence-corrected chi connectivity index (χ0v) is 18.7. The van der Waals surface area contributed by atoms with Crippen molar-refractivity contribution in [3.63, 3.8) is 0 Å². The number of thiazole rings is 1. The summed E-state index contributed by atoms with van der Waals surface area (Å²) >= 11 is 1.58. The number of sulfonamides is 1. The van der Waals surface area contributed by atoms with Crippen LogP contribution in [0.4, 0.5) is 16.5 Å². The Kier molecular flexibility index (Phi) is 6.91. The molecule has 2 heterocycles. The fourth-order valence-corrected chi connectivity index (χ4v) is 5.43. The highest BCUT2D eigenvalue weighted by molar-refractivity contribution is 7.89. The Hall–Kier alpha value is -2.28. The largest absolute Gasteiger partial charge is 0.383 e. The van der Waals surface area contributed by atoms with Gasteiger partial charge in [-0.3, -0.25) is 10.1 Å². The number of ether oxygens (including phenoxy) is 1. The highest BCUT2D eigenvalue weighted by Crippen LogP contribution is 2.32. The third-order valence-corrected chi connectivity index (χ3v) is 7.33. The number of rotatable bonds is 8. The van der Waals surface area contributed by atoms with Gasteiger partial charge >= 0.3 is 0 Å². The van der Waals surface area contributed by atoms with E-state index in [0.29, 0.717) is 31.9 Å². The van der Waals surface area contributed by atoms with E-state index in [9.17, 15) is 18.5 Å². The van der Waals surface area contributed by atoms with Crippen molar-refractivity contribution >= 4 is 37.9 Å². The molecule has 0 radical (unpaired) electrons. The van der Waals surface area contributed by atoms with Crippen LogP contribution in [0.25, 0.3) is 0 Å². The van der Waals surface area contributed by atoms with Gasteiger partial charge in [0.2, 0.25) is 10.0 Å². The third-order valence-electron chi connectivity index (χ3n) is 4.72. The Balaban J connectivity index is 1.78. The molecule has 1 saturated heterocycles. The molecule has 1 fully saturated rings. The van der Waals surface area contributed by atoms with E-state index in [4.69, 9.17) is 4.74 Å². The maximum Gasteiger partial charge on any atom is 0.293 e. The van der Waals surface area contributed by atoms with Crippen LogP contribution in [0, 0.1) is 17.0 Å². The van der Waals surface area contributed by atoms with E-state index in [2.05, 4.69) is 14.6 Å². The molecule has 1 aromatic carbocycles. The number of nitrogens with one attached hydrogen (secondary N) is 1. The van der Waals surface area contributed by atoms with Crippen LogP contribution in [-0.2, 0) is 14.8 Å². The summed E-state index contributed by atoms with van der Waals surface area (Å²) in [5.74, 6) is 0. The fraction of sp³-hybridized carbons (Fsp3) is 0.500. The number of aromatic nitrogens is 1. The van der Waals surface area contributed by atoms with E-state index >= 15 is 0 Å². The standard InChI is InChI=1S/C18H25N5O5S2/c1-13(11-28-3)20-30(26,27)15-4-5-16(17(10-15)23(24)25)21-6-8-22(9-7-21)18-19-14(2)12-29-18/h4-5,10,12-13,20H,6-9,11H2,1-3H3. The number of nitro benzene ring substituents is 1. The summed E-state index contributed by atoms with van der Waals surface area (Å²) in [6, 6.07) is 3.58. The van der Waals surface area contributed by atoms with Crippen LogP contribution in [0.2, 0.25) is 0 Å². The van der Waals surface area contributed by atoms with Crippen molar-refractivity contribution in [3.05, 3.63) is 39.4 Å². The van der Waals surface area contributed by atoms with Crippen LogP contribution in [-0.4, -0.2) is 64.3 Å². The molecule has 3 rings (SSSR count). The average Bonchev–Trinajstić information content (AvgIpc) is 3.13. The smallest absolute Gasteiger partial charge is 0.293 e. The summed E-state index contributed by atoms with van der Waals surface area (Å²) < 4.78 is 32.5. The van der Waals surface area contributed by atoms with E-state index in [-0.39, 0.29) is 17.2 Å². The molecular weight excluding hydrogens is 430 g/mol. The molecule has 1 atom stereocenters. The normalized spacial score (nSPS) is 16.0. The van der Waals surface area contributed by atoms with Gasteiger partial charge in [0.25, 0.3) is 5.69 Å². The minimum absolute atomic E-state index is 0.141. The lowest BCUT2D eigenvalue weighted by atomic mass is 10.2. The molecule has 1 aliphatic rings. The summed E-state index contributed by atoms with van der Waals surface area (Å²) in [6.45, 7) is 6.32. The Morgan fingerprint density at radius 1 is 1.30 bits per heavy atom. The molecule has 0 amide bonds. The van der Waals surface area contributed by atoms with E-state index in [0.717, 1.165) is 16.9 Å². The first kappa shape index (κ1) is 22.4. The van der Waals surface area contributed by atoms with Crippen molar-refractivity contribution in [2.75, 3.05) is 49.7 Å². The van der Waals surface area contributed by atoms with Gasteiger partial charge in [-0.1, -0.05) is 0 Å². The van der Waals surface area contributed by atoms with Gasteiger partial charge in [0.15, 0.2) is 5.13 Å².